The molecular formula is C13H14BFO3. The van der Waals surface area contributed by atoms with E-state index in [-0.39, 0.29) is 12.7 Å². The van der Waals surface area contributed by atoms with E-state index < -0.39 is 24.4 Å². The molecule has 0 aliphatic carbocycles. The lowest BCUT2D eigenvalue weighted by Crippen LogP contribution is -2.53. The van der Waals surface area contributed by atoms with Crippen molar-refractivity contribution in [3.8, 4) is 0 Å². The molecule has 0 amide bonds. The maximum atomic E-state index is 14.0. The zero-order chi connectivity index (χ0) is 12.5. The van der Waals surface area contributed by atoms with Crippen LogP contribution in [-0.4, -0.2) is 39.4 Å². The summed E-state index contributed by atoms with van der Waals surface area (Å²) in [6, 6.07) is 9.48. The van der Waals surface area contributed by atoms with Gasteiger partial charge >= 0.3 is 0 Å². The molecule has 2 heterocycles. The number of ether oxygens (including phenoxy) is 3. The van der Waals surface area contributed by atoms with Gasteiger partial charge in [-0.25, -0.2) is 4.39 Å². The lowest BCUT2D eigenvalue weighted by atomic mass is 9.78. The van der Waals surface area contributed by atoms with E-state index in [1.54, 1.807) is 0 Å². The standard InChI is InChI=1S/C13H14BFO3/c14-9-6-16-10-7-17-13(18-12(10)11(9)15)8-4-2-1-3-5-8/h1-5,9-13H,6-7H2/t9-,10-,11-,12?,13-/m1/s1. The number of hydrogen-bond donors (Lipinski definition) is 0. The van der Waals surface area contributed by atoms with Crippen LogP contribution in [0.1, 0.15) is 11.9 Å². The van der Waals surface area contributed by atoms with Crippen LogP contribution < -0.4 is 0 Å². The highest BCUT2D eigenvalue weighted by atomic mass is 19.1. The number of rotatable bonds is 1. The van der Waals surface area contributed by atoms with Gasteiger partial charge in [0.1, 0.15) is 18.4 Å². The van der Waals surface area contributed by atoms with Crippen LogP contribution in [0.2, 0.25) is 5.82 Å². The molecule has 0 spiro atoms. The van der Waals surface area contributed by atoms with Crippen molar-refractivity contribution in [1.82, 2.24) is 0 Å². The van der Waals surface area contributed by atoms with E-state index >= 15 is 0 Å². The molecule has 0 saturated carbocycles. The fourth-order valence-electron chi connectivity index (χ4n) is 2.33. The summed E-state index contributed by atoms with van der Waals surface area (Å²) in [5.41, 5.74) is 0.877. The van der Waals surface area contributed by atoms with E-state index in [2.05, 4.69) is 0 Å². The first-order valence-electron chi connectivity index (χ1n) is 6.09. The Bertz CT molecular complexity index is 400. The summed E-state index contributed by atoms with van der Waals surface area (Å²) < 4.78 is 30.7. The Hall–Kier alpha value is -0.905. The minimum atomic E-state index is -1.21. The summed E-state index contributed by atoms with van der Waals surface area (Å²) in [5.74, 6) is -0.624. The Morgan fingerprint density at radius 1 is 1.11 bits per heavy atom. The molecule has 2 aliphatic rings. The minimum Gasteiger partial charge on any atom is -0.373 e. The first-order valence-corrected chi connectivity index (χ1v) is 6.09. The molecule has 1 aromatic carbocycles. The molecule has 0 N–H and O–H groups in total. The first-order chi connectivity index (χ1) is 8.75. The van der Waals surface area contributed by atoms with E-state index in [4.69, 9.17) is 22.1 Å². The van der Waals surface area contributed by atoms with E-state index in [1.807, 2.05) is 30.3 Å². The summed E-state index contributed by atoms with van der Waals surface area (Å²) in [6.45, 7) is 0.544. The summed E-state index contributed by atoms with van der Waals surface area (Å²) in [4.78, 5) is 0. The first kappa shape index (κ1) is 12.1. The van der Waals surface area contributed by atoms with Gasteiger partial charge in [-0.3, -0.25) is 0 Å². The molecule has 3 nitrogen and oxygen atoms in total. The van der Waals surface area contributed by atoms with Gasteiger partial charge < -0.3 is 14.2 Å². The average Bonchev–Trinajstić information content (AvgIpc) is 2.44. The molecule has 0 bridgehead atoms. The predicted molar refractivity (Wildman–Crippen MR) is 64.1 cm³/mol. The van der Waals surface area contributed by atoms with Gasteiger partial charge in [0, 0.05) is 12.2 Å². The molecule has 2 saturated heterocycles. The molecule has 5 atom stereocenters. The highest BCUT2D eigenvalue weighted by molar-refractivity contribution is 6.12. The van der Waals surface area contributed by atoms with Crippen LogP contribution in [0, 0.1) is 0 Å². The molecule has 1 aromatic rings. The fraction of sp³-hybridized carbons (Fsp3) is 0.538. The monoisotopic (exact) mass is 248 g/mol. The Morgan fingerprint density at radius 2 is 1.89 bits per heavy atom. The van der Waals surface area contributed by atoms with E-state index in [9.17, 15) is 4.39 Å². The predicted octanol–water partition coefficient (Wildman–Crippen LogP) is 1.79. The molecule has 2 fully saturated rings. The second-order valence-corrected chi connectivity index (χ2v) is 4.66. The largest absolute Gasteiger partial charge is 0.373 e. The quantitative estimate of drug-likeness (QED) is 0.709. The molecule has 5 heteroatoms. The van der Waals surface area contributed by atoms with Gasteiger partial charge in [0.25, 0.3) is 0 Å². The summed E-state index contributed by atoms with van der Waals surface area (Å²) in [6.07, 6.45) is -2.76. The smallest absolute Gasteiger partial charge is 0.184 e. The molecular weight excluding hydrogens is 234 g/mol. The van der Waals surface area contributed by atoms with Crippen LogP contribution in [-0.2, 0) is 14.2 Å². The van der Waals surface area contributed by atoms with Crippen LogP contribution >= 0.6 is 0 Å². The molecule has 2 radical (unpaired) electrons. The molecule has 0 aromatic heterocycles. The average molecular weight is 248 g/mol. The third-order valence-electron chi connectivity index (χ3n) is 3.36. The zero-order valence-electron chi connectivity index (χ0n) is 9.87. The molecule has 3 rings (SSSR count). The van der Waals surface area contributed by atoms with Crippen LogP contribution in [0.4, 0.5) is 4.39 Å². The number of alkyl halides is 1. The van der Waals surface area contributed by atoms with Crippen molar-refractivity contribution < 1.29 is 18.6 Å². The topological polar surface area (TPSA) is 27.7 Å². The Balaban J connectivity index is 1.75. The van der Waals surface area contributed by atoms with Crippen LogP contribution in [0.5, 0.6) is 0 Å². The van der Waals surface area contributed by atoms with Crippen LogP contribution in [0.3, 0.4) is 0 Å². The second-order valence-electron chi connectivity index (χ2n) is 4.66. The fourth-order valence-corrected chi connectivity index (χ4v) is 2.33. The number of benzene rings is 1. The van der Waals surface area contributed by atoms with Gasteiger partial charge in [0.15, 0.2) is 6.29 Å². The van der Waals surface area contributed by atoms with Crippen LogP contribution in [0.15, 0.2) is 30.3 Å². The second kappa shape index (κ2) is 5.00. The van der Waals surface area contributed by atoms with Crippen molar-refractivity contribution in [2.24, 2.45) is 0 Å². The van der Waals surface area contributed by atoms with Crippen molar-refractivity contribution in [3.05, 3.63) is 35.9 Å². The lowest BCUT2D eigenvalue weighted by Gasteiger charge is -2.43. The maximum absolute atomic E-state index is 14.0. The molecule has 18 heavy (non-hydrogen) atoms. The number of halogens is 1. The van der Waals surface area contributed by atoms with Crippen molar-refractivity contribution in [3.63, 3.8) is 0 Å². The minimum absolute atomic E-state index is 0.213. The van der Waals surface area contributed by atoms with Gasteiger partial charge in [-0.2, -0.15) is 0 Å². The third-order valence-corrected chi connectivity index (χ3v) is 3.36. The third kappa shape index (κ3) is 2.18. The van der Waals surface area contributed by atoms with Crippen molar-refractivity contribution >= 4 is 7.85 Å². The number of fused-ring (bicyclic) bond motifs is 1. The van der Waals surface area contributed by atoms with Crippen LogP contribution in [0.25, 0.3) is 0 Å². The zero-order valence-corrected chi connectivity index (χ0v) is 9.87. The number of hydrogen-bond acceptors (Lipinski definition) is 3. The van der Waals surface area contributed by atoms with Gasteiger partial charge in [-0.15, -0.1) is 0 Å². The van der Waals surface area contributed by atoms with Crippen molar-refractivity contribution in [2.75, 3.05) is 13.2 Å². The Morgan fingerprint density at radius 3 is 2.67 bits per heavy atom. The Kier molecular flexibility index (Phi) is 3.37. The van der Waals surface area contributed by atoms with Gasteiger partial charge in [0.05, 0.1) is 14.5 Å². The van der Waals surface area contributed by atoms with Crippen molar-refractivity contribution in [1.29, 1.82) is 0 Å². The molecule has 1 unspecified atom stereocenters. The highest BCUT2D eigenvalue weighted by Gasteiger charge is 2.44. The summed E-state index contributed by atoms with van der Waals surface area (Å²) in [5, 5.41) is 0. The molecule has 2 aliphatic heterocycles. The van der Waals surface area contributed by atoms with E-state index in [0.717, 1.165) is 5.56 Å². The van der Waals surface area contributed by atoms with Crippen molar-refractivity contribution in [2.45, 2.75) is 30.5 Å². The highest BCUT2D eigenvalue weighted by Crippen LogP contribution is 2.35. The van der Waals surface area contributed by atoms with Gasteiger partial charge in [-0.05, 0) is 5.82 Å². The van der Waals surface area contributed by atoms with Gasteiger partial charge in [0.2, 0.25) is 0 Å². The SMILES string of the molecule is [B][C@@H]1CO[C@@H]2CO[C@@H](c3ccccc3)OC2[C@@H]1F. The lowest BCUT2D eigenvalue weighted by molar-refractivity contribution is -0.291. The molecule has 94 valence electrons. The van der Waals surface area contributed by atoms with Gasteiger partial charge in [-0.1, -0.05) is 30.3 Å². The Labute approximate surface area is 107 Å². The summed E-state index contributed by atoms with van der Waals surface area (Å²) in [7, 11) is 5.65. The summed E-state index contributed by atoms with van der Waals surface area (Å²) >= 11 is 0. The maximum Gasteiger partial charge on any atom is 0.184 e. The van der Waals surface area contributed by atoms with E-state index in [0.29, 0.717) is 6.61 Å². The van der Waals surface area contributed by atoms with E-state index in [1.165, 1.54) is 0 Å². The normalized spacial score (nSPS) is 40.2.